The van der Waals surface area contributed by atoms with Gasteiger partial charge in [-0.2, -0.15) is 0 Å². The van der Waals surface area contributed by atoms with E-state index in [1.807, 2.05) is 19.1 Å². The zero-order valence-corrected chi connectivity index (χ0v) is 15.3. The summed E-state index contributed by atoms with van der Waals surface area (Å²) in [6.45, 7) is 2.21. The van der Waals surface area contributed by atoms with E-state index in [1.165, 1.54) is 18.5 Å². The lowest BCUT2D eigenvalue weighted by molar-refractivity contribution is 0.0950. The van der Waals surface area contributed by atoms with E-state index in [2.05, 4.69) is 20.6 Å². The van der Waals surface area contributed by atoms with Crippen LogP contribution >= 0.6 is 11.6 Å². The number of rotatable bonds is 5. The maximum atomic E-state index is 12.5. The number of nitrogens with zero attached hydrogens (tertiary/aromatic N) is 2. The third kappa shape index (κ3) is 4.89. The number of aromatic nitrogens is 2. The van der Waals surface area contributed by atoms with E-state index in [-0.39, 0.29) is 17.4 Å². The summed E-state index contributed by atoms with van der Waals surface area (Å²) in [5.41, 5.74) is 2.95. The molecular formula is C20H17ClN4O2. The Bertz CT molecular complexity index is 977. The Hall–Kier alpha value is -3.25. The van der Waals surface area contributed by atoms with Crippen LogP contribution in [0.3, 0.4) is 0 Å². The molecule has 2 heterocycles. The van der Waals surface area contributed by atoms with Gasteiger partial charge in [0.2, 0.25) is 0 Å². The van der Waals surface area contributed by atoms with Crippen molar-refractivity contribution in [1.82, 2.24) is 15.3 Å². The average Bonchev–Trinajstić information content (AvgIpc) is 2.69. The number of amides is 2. The summed E-state index contributed by atoms with van der Waals surface area (Å²) in [4.78, 5) is 32.8. The number of carbonyl (C=O) groups excluding carboxylic acids is 2. The Balaban J connectivity index is 1.69. The molecule has 0 aliphatic carbocycles. The largest absolute Gasteiger partial charge is 0.348 e. The van der Waals surface area contributed by atoms with Gasteiger partial charge in [-0.3, -0.25) is 19.6 Å². The lowest BCUT2D eigenvalue weighted by Gasteiger charge is -2.10. The molecule has 0 unspecified atom stereocenters. The van der Waals surface area contributed by atoms with Crippen LogP contribution in [0.2, 0.25) is 5.02 Å². The molecule has 1 aromatic carbocycles. The van der Waals surface area contributed by atoms with E-state index in [0.29, 0.717) is 22.8 Å². The van der Waals surface area contributed by atoms with Crippen LogP contribution in [0.1, 0.15) is 31.8 Å². The smallest absolute Gasteiger partial charge is 0.257 e. The van der Waals surface area contributed by atoms with Crippen molar-refractivity contribution < 1.29 is 9.59 Å². The van der Waals surface area contributed by atoms with Crippen molar-refractivity contribution in [2.24, 2.45) is 0 Å². The Kier molecular flexibility index (Phi) is 5.78. The van der Waals surface area contributed by atoms with Crippen LogP contribution in [0.25, 0.3) is 0 Å². The van der Waals surface area contributed by atoms with E-state index in [9.17, 15) is 9.59 Å². The average molecular weight is 381 g/mol. The van der Waals surface area contributed by atoms with Crippen LogP contribution in [0.5, 0.6) is 0 Å². The quantitative estimate of drug-likeness (QED) is 0.708. The normalized spacial score (nSPS) is 10.3. The first kappa shape index (κ1) is 18.5. The fourth-order valence-corrected chi connectivity index (χ4v) is 2.57. The molecular weight excluding hydrogens is 364 g/mol. The molecule has 0 aliphatic heterocycles. The molecule has 3 rings (SSSR count). The molecule has 0 atom stereocenters. The van der Waals surface area contributed by atoms with Gasteiger partial charge in [-0.1, -0.05) is 23.7 Å². The van der Waals surface area contributed by atoms with Crippen LogP contribution in [-0.4, -0.2) is 21.8 Å². The van der Waals surface area contributed by atoms with Gasteiger partial charge in [0.1, 0.15) is 0 Å². The second-order valence-corrected chi connectivity index (χ2v) is 6.36. The lowest BCUT2D eigenvalue weighted by Crippen LogP contribution is -2.23. The second-order valence-electron chi connectivity index (χ2n) is 5.92. The highest BCUT2D eigenvalue weighted by Gasteiger charge is 2.13. The van der Waals surface area contributed by atoms with Crippen LogP contribution in [0.4, 0.5) is 5.69 Å². The number of hydrogen-bond donors (Lipinski definition) is 2. The predicted octanol–water partition coefficient (Wildman–Crippen LogP) is 3.62. The maximum absolute atomic E-state index is 12.5. The molecule has 0 saturated heterocycles. The van der Waals surface area contributed by atoms with Gasteiger partial charge < -0.3 is 10.6 Å². The highest BCUT2D eigenvalue weighted by atomic mass is 35.5. The number of halogens is 1. The second kappa shape index (κ2) is 8.42. The minimum atomic E-state index is -0.366. The van der Waals surface area contributed by atoms with Crippen molar-refractivity contribution in [3.05, 3.63) is 88.5 Å². The predicted molar refractivity (Wildman–Crippen MR) is 104 cm³/mol. The zero-order chi connectivity index (χ0) is 19.2. The molecule has 3 aromatic rings. The van der Waals surface area contributed by atoms with Crippen LogP contribution in [0.15, 0.2) is 61.2 Å². The van der Waals surface area contributed by atoms with E-state index in [1.54, 1.807) is 30.6 Å². The maximum Gasteiger partial charge on any atom is 0.257 e. The minimum absolute atomic E-state index is 0.281. The number of anilines is 1. The fourth-order valence-electron chi connectivity index (χ4n) is 2.40. The van der Waals surface area contributed by atoms with Gasteiger partial charge in [-0.15, -0.1) is 0 Å². The highest BCUT2D eigenvalue weighted by molar-refractivity contribution is 6.31. The van der Waals surface area contributed by atoms with Gasteiger partial charge in [-0.25, -0.2) is 0 Å². The van der Waals surface area contributed by atoms with Crippen molar-refractivity contribution in [1.29, 1.82) is 0 Å². The Morgan fingerprint density at radius 1 is 1.00 bits per heavy atom. The van der Waals surface area contributed by atoms with Crippen LogP contribution < -0.4 is 10.6 Å². The SMILES string of the molecule is Cc1ccc(Cl)cc1NC(=O)c1cncc(C(=O)NCc2cccnc2)c1. The molecule has 0 aliphatic rings. The lowest BCUT2D eigenvalue weighted by atomic mass is 10.1. The first-order valence-corrected chi connectivity index (χ1v) is 8.60. The summed E-state index contributed by atoms with van der Waals surface area (Å²) in [5, 5.41) is 6.09. The third-order valence-corrected chi connectivity index (χ3v) is 4.12. The van der Waals surface area contributed by atoms with Crippen molar-refractivity contribution in [2.45, 2.75) is 13.5 Å². The summed E-state index contributed by atoms with van der Waals surface area (Å²) < 4.78 is 0. The zero-order valence-electron chi connectivity index (χ0n) is 14.6. The highest BCUT2D eigenvalue weighted by Crippen LogP contribution is 2.21. The molecule has 0 fully saturated rings. The Labute approximate surface area is 161 Å². The molecule has 0 saturated carbocycles. The van der Waals surface area contributed by atoms with Crippen molar-refractivity contribution >= 4 is 29.1 Å². The third-order valence-electron chi connectivity index (χ3n) is 3.89. The number of hydrogen-bond acceptors (Lipinski definition) is 4. The van der Waals surface area contributed by atoms with Gasteiger partial charge in [0.15, 0.2) is 0 Å². The van der Waals surface area contributed by atoms with E-state index < -0.39 is 0 Å². The molecule has 0 radical (unpaired) electrons. The summed E-state index contributed by atoms with van der Waals surface area (Å²) in [6, 6.07) is 10.4. The molecule has 2 N–H and O–H groups in total. The van der Waals surface area contributed by atoms with E-state index >= 15 is 0 Å². The number of benzene rings is 1. The van der Waals surface area contributed by atoms with Crippen molar-refractivity contribution in [3.8, 4) is 0 Å². The molecule has 27 heavy (non-hydrogen) atoms. The Morgan fingerprint density at radius 2 is 1.78 bits per heavy atom. The van der Waals surface area contributed by atoms with Crippen LogP contribution in [0, 0.1) is 6.92 Å². The standard InChI is InChI=1S/C20H17ClN4O2/c1-13-4-5-17(21)8-18(13)25-20(27)16-7-15(11-23-12-16)19(26)24-10-14-3-2-6-22-9-14/h2-9,11-12H,10H2,1H3,(H,24,26)(H,25,27). The fraction of sp³-hybridized carbons (Fsp3) is 0.100. The van der Waals surface area contributed by atoms with E-state index in [4.69, 9.17) is 11.6 Å². The first-order chi connectivity index (χ1) is 13.0. The van der Waals surface area contributed by atoms with Crippen molar-refractivity contribution in [2.75, 3.05) is 5.32 Å². The van der Waals surface area contributed by atoms with Crippen molar-refractivity contribution in [3.63, 3.8) is 0 Å². The summed E-state index contributed by atoms with van der Waals surface area (Å²) in [7, 11) is 0. The van der Waals surface area contributed by atoms with E-state index in [0.717, 1.165) is 11.1 Å². The molecule has 2 amide bonds. The molecule has 136 valence electrons. The summed E-state index contributed by atoms with van der Waals surface area (Å²) >= 11 is 5.98. The first-order valence-electron chi connectivity index (χ1n) is 8.22. The minimum Gasteiger partial charge on any atom is -0.348 e. The van der Waals surface area contributed by atoms with Gasteiger partial charge in [0.25, 0.3) is 11.8 Å². The molecule has 6 nitrogen and oxygen atoms in total. The molecule has 0 bridgehead atoms. The van der Waals surface area contributed by atoms with Gasteiger partial charge in [0, 0.05) is 42.0 Å². The summed E-state index contributed by atoms with van der Waals surface area (Å²) in [5.74, 6) is -0.685. The molecule has 7 heteroatoms. The van der Waals surface area contributed by atoms with Crippen LogP contribution in [-0.2, 0) is 6.54 Å². The topological polar surface area (TPSA) is 84.0 Å². The summed E-state index contributed by atoms with van der Waals surface area (Å²) in [6.07, 6.45) is 6.17. The molecule has 2 aromatic heterocycles. The van der Waals surface area contributed by atoms with Gasteiger partial charge in [0.05, 0.1) is 11.1 Å². The molecule has 0 spiro atoms. The monoisotopic (exact) mass is 380 g/mol. The number of aryl methyl sites for hydroxylation is 1. The van der Waals surface area contributed by atoms with Gasteiger partial charge in [-0.05, 0) is 42.3 Å². The number of nitrogens with one attached hydrogen (secondary N) is 2. The Morgan fingerprint density at radius 3 is 2.52 bits per heavy atom. The number of carbonyl (C=O) groups is 2. The number of pyridine rings is 2. The van der Waals surface area contributed by atoms with Gasteiger partial charge >= 0.3 is 0 Å².